The van der Waals surface area contributed by atoms with Crippen LogP contribution < -0.4 is 11.1 Å². The van der Waals surface area contributed by atoms with E-state index in [2.05, 4.69) is 37.2 Å². The van der Waals surface area contributed by atoms with Gasteiger partial charge in [-0.1, -0.05) is 15.9 Å². The van der Waals surface area contributed by atoms with Crippen LogP contribution in [0.15, 0.2) is 27.1 Å². The van der Waals surface area contributed by atoms with Gasteiger partial charge in [0.05, 0.1) is 5.56 Å². The minimum Gasteiger partial charge on any atom is -0.350 e. The molecule has 0 fully saturated rings. The zero-order valence-corrected chi connectivity index (χ0v) is 12.1. The number of nitrogens with two attached hydrogens (primary N) is 1. The van der Waals surface area contributed by atoms with Crippen LogP contribution in [0.5, 0.6) is 0 Å². The highest BCUT2D eigenvalue weighted by Gasteiger charge is 2.12. The van der Waals surface area contributed by atoms with Gasteiger partial charge in [-0.3, -0.25) is 4.79 Å². The molecule has 0 heterocycles. The zero-order valence-electron chi connectivity index (χ0n) is 8.97. The summed E-state index contributed by atoms with van der Waals surface area (Å²) in [5.41, 5.74) is 6.06. The molecule has 1 unspecified atom stereocenters. The van der Waals surface area contributed by atoms with Crippen molar-refractivity contribution in [2.24, 2.45) is 5.73 Å². The number of halogens is 2. The van der Waals surface area contributed by atoms with Crippen molar-refractivity contribution < 1.29 is 4.79 Å². The molecule has 0 saturated heterocycles. The van der Waals surface area contributed by atoms with Gasteiger partial charge in [0.25, 0.3) is 5.91 Å². The van der Waals surface area contributed by atoms with Crippen molar-refractivity contribution in [2.75, 3.05) is 6.54 Å². The average Bonchev–Trinajstić information content (AvgIpc) is 2.17. The molecular weight excluding hydrogens is 336 g/mol. The first-order valence-corrected chi connectivity index (χ1v) is 6.59. The second-order valence-electron chi connectivity index (χ2n) is 3.58. The maximum absolute atomic E-state index is 11.9. The number of hydrogen-bond donors (Lipinski definition) is 2. The maximum Gasteiger partial charge on any atom is 0.252 e. The van der Waals surface area contributed by atoms with Crippen LogP contribution in [-0.4, -0.2) is 18.5 Å². The number of benzene rings is 1. The fourth-order valence-corrected chi connectivity index (χ4v) is 2.52. The Hall–Kier alpha value is -0.390. The third-order valence-electron chi connectivity index (χ3n) is 2.15. The summed E-state index contributed by atoms with van der Waals surface area (Å²) in [5, 5.41) is 2.89. The third kappa shape index (κ3) is 3.88. The molecule has 5 heteroatoms. The van der Waals surface area contributed by atoms with Gasteiger partial charge >= 0.3 is 0 Å². The van der Waals surface area contributed by atoms with Crippen molar-refractivity contribution in [3.63, 3.8) is 0 Å². The van der Waals surface area contributed by atoms with E-state index in [1.54, 1.807) is 6.07 Å². The molecule has 0 aliphatic heterocycles. The van der Waals surface area contributed by atoms with E-state index < -0.39 is 0 Å². The van der Waals surface area contributed by atoms with E-state index in [4.69, 9.17) is 5.73 Å². The molecule has 88 valence electrons. The normalized spacial score (nSPS) is 12.2. The fraction of sp³-hybridized carbons (Fsp3) is 0.364. The Labute approximate surface area is 112 Å². The zero-order chi connectivity index (χ0) is 12.1. The van der Waals surface area contributed by atoms with E-state index in [1.165, 1.54) is 0 Å². The van der Waals surface area contributed by atoms with Gasteiger partial charge in [-0.05, 0) is 54.0 Å². The van der Waals surface area contributed by atoms with Crippen molar-refractivity contribution >= 4 is 37.8 Å². The lowest BCUT2D eigenvalue weighted by Gasteiger charge is -2.13. The summed E-state index contributed by atoms with van der Waals surface area (Å²) in [4.78, 5) is 11.9. The first-order chi connectivity index (χ1) is 7.54. The predicted octanol–water partition coefficient (Wildman–Crippen LogP) is 2.68. The first-order valence-electron chi connectivity index (χ1n) is 5.00. The highest BCUT2D eigenvalue weighted by Crippen LogP contribution is 2.21. The molecule has 3 nitrogen and oxygen atoms in total. The van der Waals surface area contributed by atoms with Crippen molar-refractivity contribution in [3.05, 3.63) is 32.7 Å². The Kier molecular flexibility index (Phi) is 5.44. The third-order valence-corrected chi connectivity index (χ3v) is 3.30. The number of nitrogens with one attached hydrogen (secondary N) is 1. The van der Waals surface area contributed by atoms with Gasteiger partial charge in [0, 0.05) is 15.0 Å². The van der Waals surface area contributed by atoms with E-state index in [1.807, 2.05) is 19.1 Å². The maximum atomic E-state index is 11.9. The van der Waals surface area contributed by atoms with Gasteiger partial charge in [-0.25, -0.2) is 0 Å². The van der Waals surface area contributed by atoms with Crippen molar-refractivity contribution in [2.45, 2.75) is 19.4 Å². The van der Waals surface area contributed by atoms with Crippen LogP contribution in [0.1, 0.15) is 23.7 Å². The van der Waals surface area contributed by atoms with Crippen molar-refractivity contribution in [1.29, 1.82) is 0 Å². The number of rotatable bonds is 4. The molecule has 1 aromatic rings. The number of carbonyl (C=O) groups is 1. The van der Waals surface area contributed by atoms with Gasteiger partial charge in [0.1, 0.15) is 0 Å². The van der Waals surface area contributed by atoms with E-state index in [0.29, 0.717) is 12.1 Å². The molecule has 1 rings (SSSR count). The van der Waals surface area contributed by atoms with Gasteiger partial charge in [-0.2, -0.15) is 0 Å². The fourth-order valence-electron chi connectivity index (χ4n) is 1.30. The molecule has 1 aromatic carbocycles. The van der Waals surface area contributed by atoms with Gasteiger partial charge in [0.2, 0.25) is 0 Å². The Bertz CT molecular complexity index is 382. The summed E-state index contributed by atoms with van der Waals surface area (Å²) in [7, 11) is 0. The van der Waals surface area contributed by atoms with Crippen LogP contribution in [0, 0.1) is 0 Å². The summed E-state index contributed by atoms with van der Waals surface area (Å²) >= 11 is 6.70. The van der Waals surface area contributed by atoms with E-state index in [9.17, 15) is 4.79 Å². The second kappa shape index (κ2) is 6.37. The molecule has 0 bridgehead atoms. The summed E-state index contributed by atoms with van der Waals surface area (Å²) in [6, 6.07) is 5.56. The standard InChI is InChI=1S/C11H14Br2N2O/c1-7(4-5-14)15-11(16)9-3-2-8(12)6-10(9)13/h2-3,6-7H,4-5,14H2,1H3,(H,15,16). The molecule has 0 aliphatic rings. The minimum atomic E-state index is -0.0830. The Morgan fingerprint density at radius 3 is 2.75 bits per heavy atom. The van der Waals surface area contributed by atoms with Crippen LogP contribution in [-0.2, 0) is 0 Å². The summed E-state index contributed by atoms with van der Waals surface area (Å²) < 4.78 is 1.71. The van der Waals surface area contributed by atoms with Crippen LogP contribution in [0.25, 0.3) is 0 Å². The number of amides is 1. The summed E-state index contributed by atoms with van der Waals surface area (Å²) in [5.74, 6) is -0.0830. The van der Waals surface area contributed by atoms with Crippen molar-refractivity contribution in [1.82, 2.24) is 5.32 Å². The summed E-state index contributed by atoms with van der Waals surface area (Å²) in [6.07, 6.45) is 0.778. The predicted molar refractivity (Wildman–Crippen MR) is 72.4 cm³/mol. The lowest BCUT2D eigenvalue weighted by atomic mass is 10.2. The highest BCUT2D eigenvalue weighted by atomic mass is 79.9. The Morgan fingerprint density at radius 1 is 1.50 bits per heavy atom. The van der Waals surface area contributed by atoms with E-state index in [0.717, 1.165) is 15.4 Å². The minimum absolute atomic E-state index is 0.0830. The highest BCUT2D eigenvalue weighted by molar-refractivity contribution is 9.11. The van der Waals surface area contributed by atoms with Crippen molar-refractivity contribution in [3.8, 4) is 0 Å². The largest absolute Gasteiger partial charge is 0.350 e. The molecule has 0 saturated carbocycles. The molecule has 0 aliphatic carbocycles. The second-order valence-corrected chi connectivity index (χ2v) is 5.35. The number of carbonyl (C=O) groups excluding carboxylic acids is 1. The first kappa shape index (κ1) is 13.7. The lowest BCUT2D eigenvalue weighted by molar-refractivity contribution is 0.0938. The molecule has 0 radical (unpaired) electrons. The van der Waals surface area contributed by atoms with Gasteiger partial charge < -0.3 is 11.1 Å². The molecule has 1 amide bonds. The molecule has 0 aromatic heterocycles. The molecule has 16 heavy (non-hydrogen) atoms. The SMILES string of the molecule is CC(CCN)NC(=O)c1ccc(Br)cc1Br. The van der Waals surface area contributed by atoms with E-state index in [-0.39, 0.29) is 11.9 Å². The van der Waals surface area contributed by atoms with E-state index >= 15 is 0 Å². The van der Waals surface area contributed by atoms with Crippen LogP contribution in [0.2, 0.25) is 0 Å². The van der Waals surface area contributed by atoms with Crippen LogP contribution >= 0.6 is 31.9 Å². The Balaban J connectivity index is 2.73. The quantitative estimate of drug-likeness (QED) is 0.878. The van der Waals surface area contributed by atoms with Crippen LogP contribution in [0.4, 0.5) is 0 Å². The lowest BCUT2D eigenvalue weighted by Crippen LogP contribution is -2.34. The summed E-state index contributed by atoms with van der Waals surface area (Å²) in [6.45, 7) is 2.51. The number of hydrogen-bond acceptors (Lipinski definition) is 2. The molecule has 1 atom stereocenters. The molecule has 3 N–H and O–H groups in total. The monoisotopic (exact) mass is 348 g/mol. The smallest absolute Gasteiger partial charge is 0.252 e. The Morgan fingerprint density at radius 2 is 2.19 bits per heavy atom. The van der Waals surface area contributed by atoms with Crippen LogP contribution in [0.3, 0.4) is 0 Å². The topological polar surface area (TPSA) is 55.1 Å². The average molecular weight is 350 g/mol. The van der Waals surface area contributed by atoms with Gasteiger partial charge in [-0.15, -0.1) is 0 Å². The molecule has 0 spiro atoms. The van der Waals surface area contributed by atoms with Gasteiger partial charge in [0.15, 0.2) is 0 Å². The molecular formula is C11H14Br2N2O.